The summed E-state index contributed by atoms with van der Waals surface area (Å²) in [6.07, 6.45) is 2.80. The van der Waals surface area contributed by atoms with Gasteiger partial charge in [-0.25, -0.2) is 13.8 Å². The number of hydrogen-bond acceptors (Lipinski definition) is 3. The number of aromatic amines is 1. The van der Waals surface area contributed by atoms with Gasteiger partial charge in [-0.1, -0.05) is 6.07 Å². The van der Waals surface area contributed by atoms with Crippen LogP contribution in [0.4, 0.5) is 8.78 Å². The lowest BCUT2D eigenvalue weighted by molar-refractivity contribution is 0.234. The summed E-state index contributed by atoms with van der Waals surface area (Å²) in [5, 5.41) is 0. The minimum atomic E-state index is -0.549. The molecule has 1 fully saturated rings. The molecule has 0 spiro atoms. The van der Waals surface area contributed by atoms with Gasteiger partial charge in [-0.05, 0) is 25.0 Å². The number of nitrogens with one attached hydrogen (secondary N) is 1. The standard InChI is InChI=1S/C17H17F2N3O/c18-13-2-1-3-14(19)11(13)8-22-7-6-15-12(9-22)17(23)21-16(20-15)10-4-5-10/h1-3,10H,4-9H2,(H,20,21,23). The lowest BCUT2D eigenvalue weighted by Crippen LogP contribution is -2.36. The molecule has 1 aromatic carbocycles. The number of halogens is 2. The summed E-state index contributed by atoms with van der Waals surface area (Å²) < 4.78 is 27.6. The Bertz CT molecular complexity index is 794. The third-order valence-electron chi connectivity index (χ3n) is 4.57. The van der Waals surface area contributed by atoms with E-state index in [9.17, 15) is 13.6 Å². The van der Waals surface area contributed by atoms with Crippen molar-refractivity contribution in [3.63, 3.8) is 0 Å². The van der Waals surface area contributed by atoms with Crippen molar-refractivity contribution in [2.75, 3.05) is 6.54 Å². The number of rotatable bonds is 3. The van der Waals surface area contributed by atoms with E-state index in [-0.39, 0.29) is 17.7 Å². The van der Waals surface area contributed by atoms with Gasteiger partial charge in [-0.2, -0.15) is 0 Å². The van der Waals surface area contributed by atoms with Gasteiger partial charge < -0.3 is 4.98 Å². The molecule has 4 nitrogen and oxygen atoms in total. The lowest BCUT2D eigenvalue weighted by atomic mass is 10.1. The Balaban J connectivity index is 1.58. The van der Waals surface area contributed by atoms with Crippen LogP contribution in [-0.2, 0) is 19.5 Å². The van der Waals surface area contributed by atoms with E-state index in [1.165, 1.54) is 18.2 Å². The smallest absolute Gasteiger partial charge is 0.255 e. The Morgan fingerprint density at radius 2 is 2.00 bits per heavy atom. The van der Waals surface area contributed by atoms with Crippen LogP contribution in [0.1, 0.15) is 41.4 Å². The Kier molecular flexibility index (Phi) is 3.49. The van der Waals surface area contributed by atoms with Gasteiger partial charge in [0.1, 0.15) is 17.5 Å². The molecule has 2 aliphatic rings. The van der Waals surface area contributed by atoms with Gasteiger partial charge in [0, 0.05) is 37.5 Å². The molecule has 4 rings (SSSR count). The molecule has 0 amide bonds. The molecule has 1 saturated carbocycles. The highest BCUT2D eigenvalue weighted by molar-refractivity contribution is 5.24. The lowest BCUT2D eigenvalue weighted by Gasteiger charge is -2.28. The SMILES string of the molecule is O=c1[nH]c(C2CC2)nc2c1CN(Cc1c(F)cccc1F)CC2. The number of H-pyrrole nitrogens is 1. The van der Waals surface area contributed by atoms with Gasteiger partial charge in [0.15, 0.2) is 0 Å². The molecule has 6 heteroatoms. The minimum Gasteiger partial charge on any atom is -0.310 e. The molecule has 1 aliphatic carbocycles. The molecular weight excluding hydrogens is 300 g/mol. The predicted molar refractivity (Wildman–Crippen MR) is 81.0 cm³/mol. The normalized spacial score (nSPS) is 18.0. The van der Waals surface area contributed by atoms with Crippen LogP contribution in [0.25, 0.3) is 0 Å². The van der Waals surface area contributed by atoms with E-state index in [4.69, 9.17) is 0 Å². The molecule has 2 heterocycles. The van der Waals surface area contributed by atoms with Gasteiger partial charge in [0.25, 0.3) is 5.56 Å². The van der Waals surface area contributed by atoms with Crippen molar-refractivity contribution in [2.45, 2.75) is 38.3 Å². The second-order valence-electron chi connectivity index (χ2n) is 6.31. The summed E-state index contributed by atoms with van der Waals surface area (Å²) in [7, 11) is 0. The van der Waals surface area contributed by atoms with Gasteiger partial charge in [-0.15, -0.1) is 0 Å². The molecule has 1 aromatic heterocycles. The van der Waals surface area contributed by atoms with E-state index in [0.29, 0.717) is 31.0 Å². The van der Waals surface area contributed by atoms with E-state index in [0.717, 1.165) is 24.4 Å². The van der Waals surface area contributed by atoms with Crippen LogP contribution in [-0.4, -0.2) is 21.4 Å². The first kappa shape index (κ1) is 14.5. The number of hydrogen-bond donors (Lipinski definition) is 1. The molecule has 0 atom stereocenters. The molecule has 0 saturated heterocycles. The summed E-state index contributed by atoms with van der Waals surface area (Å²) in [4.78, 5) is 21.6. The fourth-order valence-electron chi connectivity index (χ4n) is 3.09. The zero-order chi connectivity index (χ0) is 16.0. The minimum absolute atomic E-state index is 0.0509. The topological polar surface area (TPSA) is 49.0 Å². The molecule has 1 aliphatic heterocycles. The second kappa shape index (κ2) is 5.53. The van der Waals surface area contributed by atoms with Crippen LogP contribution in [0.3, 0.4) is 0 Å². The first-order chi connectivity index (χ1) is 11.1. The third kappa shape index (κ3) is 2.79. The average molecular weight is 317 g/mol. The van der Waals surface area contributed by atoms with Crippen LogP contribution < -0.4 is 5.56 Å². The number of aromatic nitrogens is 2. The fourth-order valence-corrected chi connectivity index (χ4v) is 3.09. The Hall–Kier alpha value is -2.08. The summed E-state index contributed by atoms with van der Waals surface area (Å²) in [5.74, 6) is 0.0970. The maximum Gasteiger partial charge on any atom is 0.255 e. The molecule has 23 heavy (non-hydrogen) atoms. The molecule has 1 N–H and O–H groups in total. The zero-order valence-electron chi connectivity index (χ0n) is 12.6. The Morgan fingerprint density at radius 1 is 1.26 bits per heavy atom. The predicted octanol–water partition coefficient (Wildman–Crippen LogP) is 2.48. The third-order valence-corrected chi connectivity index (χ3v) is 4.57. The van der Waals surface area contributed by atoms with E-state index in [1.807, 2.05) is 4.90 Å². The van der Waals surface area contributed by atoms with Crippen LogP contribution in [0.2, 0.25) is 0 Å². The van der Waals surface area contributed by atoms with Crippen molar-refractivity contribution in [2.24, 2.45) is 0 Å². The first-order valence-corrected chi connectivity index (χ1v) is 7.89. The number of fused-ring (bicyclic) bond motifs is 1. The number of benzene rings is 1. The highest BCUT2D eigenvalue weighted by Crippen LogP contribution is 2.37. The summed E-state index contributed by atoms with van der Waals surface area (Å²) in [5.41, 5.74) is 1.39. The van der Waals surface area contributed by atoms with Gasteiger partial charge in [-0.3, -0.25) is 9.69 Å². The highest BCUT2D eigenvalue weighted by Gasteiger charge is 2.29. The summed E-state index contributed by atoms with van der Waals surface area (Å²) in [6.45, 7) is 1.17. The van der Waals surface area contributed by atoms with Crippen molar-refractivity contribution in [1.29, 1.82) is 0 Å². The van der Waals surface area contributed by atoms with Gasteiger partial charge in [0.2, 0.25) is 0 Å². The highest BCUT2D eigenvalue weighted by atomic mass is 19.1. The molecule has 0 unspecified atom stereocenters. The van der Waals surface area contributed by atoms with Crippen molar-refractivity contribution < 1.29 is 8.78 Å². The molecular formula is C17H17F2N3O. The van der Waals surface area contributed by atoms with Gasteiger partial charge >= 0.3 is 0 Å². The van der Waals surface area contributed by atoms with E-state index < -0.39 is 11.6 Å². The molecule has 2 aromatic rings. The summed E-state index contributed by atoms with van der Waals surface area (Å²) in [6, 6.07) is 3.87. The Labute approximate surface area is 132 Å². The Morgan fingerprint density at radius 3 is 2.70 bits per heavy atom. The maximum atomic E-state index is 13.8. The van der Waals surface area contributed by atoms with Crippen LogP contribution in [0.15, 0.2) is 23.0 Å². The quantitative estimate of drug-likeness (QED) is 0.946. The molecule has 0 radical (unpaired) electrons. The maximum absolute atomic E-state index is 13.8. The van der Waals surface area contributed by atoms with Crippen LogP contribution in [0.5, 0.6) is 0 Å². The van der Waals surface area contributed by atoms with Crippen molar-refractivity contribution in [3.05, 3.63) is 62.8 Å². The fraction of sp³-hybridized carbons (Fsp3) is 0.412. The van der Waals surface area contributed by atoms with Crippen molar-refractivity contribution in [3.8, 4) is 0 Å². The average Bonchev–Trinajstić information content (AvgIpc) is 3.36. The molecule has 120 valence electrons. The van der Waals surface area contributed by atoms with Crippen LogP contribution >= 0.6 is 0 Å². The number of nitrogens with zero attached hydrogens (tertiary/aromatic N) is 2. The monoisotopic (exact) mass is 317 g/mol. The largest absolute Gasteiger partial charge is 0.310 e. The van der Waals surface area contributed by atoms with Gasteiger partial charge in [0.05, 0.1) is 11.3 Å². The van der Waals surface area contributed by atoms with Crippen molar-refractivity contribution >= 4 is 0 Å². The second-order valence-corrected chi connectivity index (χ2v) is 6.31. The van der Waals surface area contributed by atoms with Crippen molar-refractivity contribution in [1.82, 2.24) is 14.9 Å². The molecule has 0 bridgehead atoms. The van der Waals surface area contributed by atoms with E-state index >= 15 is 0 Å². The first-order valence-electron chi connectivity index (χ1n) is 7.89. The zero-order valence-corrected chi connectivity index (χ0v) is 12.6. The van der Waals surface area contributed by atoms with E-state index in [2.05, 4.69) is 9.97 Å². The summed E-state index contributed by atoms with van der Waals surface area (Å²) >= 11 is 0. The van der Waals surface area contributed by atoms with E-state index in [1.54, 1.807) is 0 Å². The van der Waals surface area contributed by atoms with Crippen LogP contribution in [0, 0.1) is 11.6 Å².